The summed E-state index contributed by atoms with van der Waals surface area (Å²) in [7, 11) is 1.52. The lowest BCUT2D eigenvalue weighted by Gasteiger charge is -2.09. The predicted molar refractivity (Wildman–Crippen MR) is 73.9 cm³/mol. The summed E-state index contributed by atoms with van der Waals surface area (Å²) in [5.74, 6) is 0.583. The largest absolute Gasteiger partial charge is 0.504 e. The number of aromatic hydroxyl groups is 1. The smallest absolute Gasteiger partial charge is 0.160 e. The van der Waals surface area contributed by atoms with Gasteiger partial charge in [-0.2, -0.15) is 0 Å². The third-order valence-electron chi connectivity index (χ3n) is 2.44. The number of phenols is 1. The highest BCUT2D eigenvalue weighted by atomic mass is 79.9. The van der Waals surface area contributed by atoms with Crippen LogP contribution in [0.3, 0.4) is 0 Å². The minimum Gasteiger partial charge on any atom is -0.504 e. The Morgan fingerprint density at radius 1 is 1.33 bits per heavy atom. The number of benzene rings is 1. The van der Waals surface area contributed by atoms with Crippen LogP contribution in [-0.2, 0) is 6.54 Å². The van der Waals surface area contributed by atoms with Crippen molar-refractivity contribution < 1.29 is 9.84 Å². The topological polar surface area (TPSA) is 54.4 Å². The van der Waals surface area contributed by atoms with Gasteiger partial charge in [0.1, 0.15) is 0 Å². The lowest BCUT2D eigenvalue weighted by molar-refractivity contribution is 0.373. The molecule has 0 radical (unpaired) electrons. The van der Waals surface area contributed by atoms with Crippen molar-refractivity contribution in [3.05, 3.63) is 46.7 Å². The number of ether oxygens (including phenoxy) is 1. The second-order valence-corrected chi connectivity index (χ2v) is 4.67. The van der Waals surface area contributed by atoms with Crippen molar-refractivity contribution in [2.24, 2.45) is 0 Å². The number of rotatable bonds is 4. The van der Waals surface area contributed by atoms with Crippen LogP contribution in [0.25, 0.3) is 0 Å². The summed E-state index contributed by atoms with van der Waals surface area (Å²) < 4.78 is 5.93. The number of phenolic OH excluding ortho intramolecular Hbond substituents is 1. The summed E-state index contributed by atoms with van der Waals surface area (Å²) >= 11 is 3.37. The SMILES string of the molecule is COc1ccc(NCc2cncc(Br)c2)cc1O. The van der Waals surface area contributed by atoms with E-state index in [1.54, 1.807) is 24.5 Å². The summed E-state index contributed by atoms with van der Waals surface area (Å²) in [6, 6.07) is 7.19. The van der Waals surface area contributed by atoms with Crippen LogP contribution in [0.4, 0.5) is 5.69 Å². The molecule has 1 heterocycles. The Bertz CT molecular complexity index is 546. The Hall–Kier alpha value is -1.75. The van der Waals surface area contributed by atoms with Gasteiger partial charge in [-0.1, -0.05) is 0 Å². The molecule has 0 aliphatic rings. The highest BCUT2D eigenvalue weighted by Gasteiger charge is 2.02. The van der Waals surface area contributed by atoms with Crippen molar-refractivity contribution in [2.45, 2.75) is 6.54 Å². The number of pyridine rings is 1. The molecule has 0 saturated heterocycles. The summed E-state index contributed by atoms with van der Waals surface area (Å²) in [5, 5.41) is 12.9. The van der Waals surface area contributed by atoms with Gasteiger partial charge in [0, 0.05) is 35.2 Å². The molecular weight excluding hydrogens is 296 g/mol. The fourth-order valence-electron chi connectivity index (χ4n) is 1.56. The van der Waals surface area contributed by atoms with Gasteiger partial charge in [-0.15, -0.1) is 0 Å². The first-order chi connectivity index (χ1) is 8.69. The molecule has 0 atom stereocenters. The third-order valence-corrected chi connectivity index (χ3v) is 2.87. The van der Waals surface area contributed by atoms with E-state index in [0.717, 1.165) is 15.7 Å². The minimum absolute atomic E-state index is 0.120. The van der Waals surface area contributed by atoms with E-state index < -0.39 is 0 Å². The molecule has 4 nitrogen and oxygen atoms in total. The normalized spacial score (nSPS) is 10.1. The fraction of sp³-hybridized carbons (Fsp3) is 0.154. The van der Waals surface area contributed by atoms with Crippen LogP contribution in [0.2, 0.25) is 0 Å². The van der Waals surface area contributed by atoms with Crippen LogP contribution in [0.1, 0.15) is 5.56 Å². The van der Waals surface area contributed by atoms with Crippen molar-refractivity contribution in [1.29, 1.82) is 0 Å². The van der Waals surface area contributed by atoms with Gasteiger partial charge < -0.3 is 15.2 Å². The Morgan fingerprint density at radius 3 is 2.83 bits per heavy atom. The Labute approximate surface area is 114 Å². The molecule has 0 fully saturated rings. The molecule has 1 aromatic carbocycles. The van der Waals surface area contributed by atoms with Crippen LogP contribution in [0, 0.1) is 0 Å². The molecular formula is C13H13BrN2O2. The number of methoxy groups -OCH3 is 1. The van der Waals surface area contributed by atoms with Crippen LogP contribution in [0.5, 0.6) is 11.5 Å². The van der Waals surface area contributed by atoms with E-state index in [2.05, 4.69) is 26.2 Å². The molecule has 0 saturated carbocycles. The molecule has 0 unspecified atom stereocenters. The highest BCUT2D eigenvalue weighted by molar-refractivity contribution is 9.10. The van der Waals surface area contributed by atoms with E-state index in [9.17, 15) is 5.11 Å². The van der Waals surface area contributed by atoms with Gasteiger partial charge in [-0.25, -0.2) is 0 Å². The first-order valence-electron chi connectivity index (χ1n) is 5.39. The number of hydrogen-bond acceptors (Lipinski definition) is 4. The molecule has 2 rings (SSSR count). The maximum atomic E-state index is 9.65. The molecule has 94 valence electrons. The van der Waals surface area contributed by atoms with Gasteiger partial charge in [0.15, 0.2) is 11.5 Å². The van der Waals surface area contributed by atoms with Gasteiger partial charge >= 0.3 is 0 Å². The fourth-order valence-corrected chi connectivity index (χ4v) is 1.97. The van der Waals surface area contributed by atoms with Crippen molar-refractivity contribution in [1.82, 2.24) is 4.98 Å². The van der Waals surface area contributed by atoms with E-state index in [1.165, 1.54) is 7.11 Å². The Morgan fingerprint density at radius 2 is 2.17 bits per heavy atom. The molecule has 5 heteroatoms. The van der Waals surface area contributed by atoms with Gasteiger partial charge in [0.25, 0.3) is 0 Å². The summed E-state index contributed by atoms with van der Waals surface area (Å²) in [4.78, 5) is 4.09. The van der Waals surface area contributed by atoms with Gasteiger partial charge in [-0.3, -0.25) is 4.98 Å². The second kappa shape index (κ2) is 5.73. The number of halogens is 1. The average molecular weight is 309 g/mol. The maximum Gasteiger partial charge on any atom is 0.160 e. The molecule has 0 aliphatic heterocycles. The Balaban J connectivity index is 2.04. The number of nitrogens with zero attached hydrogens (tertiary/aromatic N) is 1. The number of aromatic nitrogens is 1. The van der Waals surface area contributed by atoms with Crippen LogP contribution < -0.4 is 10.1 Å². The zero-order valence-electron chi connectivity index (χ0n) is 9.85. The van der Waals surface area contributed by atoms with E-state index >= 15 is 0 Å². The first kappa shape index (κ1) is 12.7. The number of anilines is 1. The molecule has 0 amide bonds. The monoisotopic (exact) mass is 308 g/mol. The van der Waals surface area contributed by atoms with E-state index in [-0.39, 0.29) is 5.75 Å². The lowest BCUT2D eigenvalue weighted by atomic mass is 10.2. The quantitative estimate of drug-likeness (QED) is 0.911. The number of nitrogens with one attached hydrogen (secondary N) is 1. The first-order valence-corrected chi connectivity index (χ1v) is 6.18. The number of hydrogen-bond donors (Lipinski definition) is 2. The lowest BCUT2D eigenvalue weighted by Crippen LogP contribution is -1.99. The summed E-state index contributed by atoms with van der Waals surface area (Å²) in [5.41, 5.74) is 1.88. The predicted octanol–water partition coefficient (Wildman–Crippen LogP) is 3.17. The molecule has 0 spiro atoms. The second-order valence-electron chi connectivity index (χ2n) is 3.75. The van der Waals surface area contributed by atoms with Crippen LogP contribution >= 0.6 is 15.9 Å². The maximum absolute atomic E-state index is 9.65. The van der Waals surface area contributed by atoms with Gasteiger partial charge in [0.05, 0.1) is 7.11 Å². The van der Waals surface area contributed by atoms with Crippen molar-refractivity contribution in [3.8, 4) is 11.5 Å². The van der Waals surface area contributed by atoms with E-state index in [0.29, 0.717) is 12.3 Å². The Kier molecular flexibility index (Phi) is 4.04. The van der Waals surface area contributed by atoms with Gasteiger partial charge in [0.2, 0.25) is 0 Å². The summed E-state index contributed by atoms with van der Waals surface area (Å²) in [6.45, 7) is 0.637. The summed E-state index contributed by atoms with van der Waals surface area (Å²) in [6.07, 6.45) is 3.53. The highest BCUT2D eigenvalue weighted by Crippen LogP contribution is 2.28. The van der Waals surface area contributed by atoms with Crippen molar-refractivity contribution in [2.75, 3.05) is 12.4 Å². The van der Waals surface area contributed by atoms with E-state index in [4.69, 9.17) is 4.74 Å². The standard InChI is InChI=1S/C13H13BrN2O2/c1-18-13-3-2-11(5-12(13)17)16-7-9-4-10(14)8-15-6-9/h2-6,8,16-17H,7H2,1H3. The van der Waals surface area contributed by atoms with Crippen molar-refractivity contribution in [3.63, 3.8) is 0 Å². The molecule has 2 N–H and O–H groups in total. The third kappa shape index (κ3) is 3.13. The average Bonchev–Trinajstić information content (AvgIpc) is 2.37. The molecule has 18 heavy (non-hydrogen) atoms. The van der Waals surface area contributed by atoms with Crippen LogP contribution in [0.15, 0.2) is 41.1 Å². The zero-order valence-corrected chi connectivity index (χ0v) is 11.4. The minimum atomic E-state index is 0.120. The molecule has 0 aliphatic carbocycles. The van der Waals surface area contributed by atoms with Gasteiger partial charge in [-0.05, 0) is 39.7 Å². The molecule has 2 aromatic rings. The van der Waals surface area contributed by atoms with E-state index in [1.807, 2.05) is 12.1 Å². The zero-order chi connectivity index (χ0) is 13.0. The van der Waals surface area contributed by atoms with Crippen molar-refractivity contribution >= 4 is 21.6 Å². The molecule has 0 bridgehead atoms. The molecule has 1 aromatic heterocycles. The van der Waals surface area contributed by atoms with Crippen LogP contribution in [-0.4, -0.2) is 17.2 Å².